The highest BCUT2D eigenvalue weighted by molar-refractivity contribution is 5.83. The molecule has 0 amide bonds. The fraction of sp³-hybridized carbons (Fsp3) is 0.167. The van der Waals surface area contributed by atoms with Crippen LogP contribution in [0.3, 0.4) is 0 Å². The van der Waals surface area contributed by atoms with Gasteiger partial charge in [0.15, 0.2) is 0 Å². The molecule has 0 saturated heterocycles. The minimum absolute atomic E-state index is 0.00201. The van der Waals surface area contributed by atoms with Crippen molar-refractivity contribution in [2.24, 2.45) is 0 Å². The number of benzene rings is 2. The lowest BCUT2D eigenvalue weighted by atomic mass is 10.00. The summed E-state index contributed by atoms with van der Waals surface area (Å²) in [6, 6.07) is 7.77. The Morgan fingerprint density at radius 1 is 0.833 bits per heavy atom. The highest BCUT2D eigenvalue weighted by atomic mass is 19.4. The average molecular weight is 263 g/mol. The van der Waals surface area contributed by atoms with E-state index in [0.717, 1.165) is 0 Å². The van der Waals surface area contributed by atoms with Crippen molar-refractivity contribution in [3.63, 3.8) is 0 Å². The summed E-state index contributed by atoms with van der Waals surface area (Å²) >= 11 is 0. The summed E-state index contributed by atoms with van der Waals surface area (Å²) in [6.45, 7) is 0. The van der Waals surface area contributed by atoms with E-state index in [4.69, 9.17) is 0 Å². The molecule has 0 nitrogen and oxygen atoms in total. The monoisotopic (exact) mass is 263 g/mol. The zero-order valence-corrected chi connectivity index (χ0v) is 8.65. The van der Waals surface area contributed by atoms with E-state index in [2.05, 4.69) is 0 Å². The average Bonchev–Trinajstić information content (AvgIpc) is 2.25. The largest absolute Gasteiger partial charge is 0.417 e. The molecule has 18 heavy (non-hydrogen) atoms. The van der Waals surface area contributed by atoms with Gasteiger partial charge in [-0.2, -0.15) is 26.3 Å². The van der Waals surface area contributed by atoms with Crippen LogP contribution < -0.4 is 0 Å². The zero-order valence-electron chi connectivity index (χ0n) is 8.65. The number of halogens is 6. The first kappa shape index (κ1) is 12.7. The van der Waals surface area contributed by atoms with Gasteiger partial charge < -0.3 is 0 Å². The van der Waals surface area contributed by atoms with Crippen molar-refractivity contribution in [1.29, 1.82) is 0 Å². The molecule has 0 aromatic heterocycles. The van der Waals surface area contributed by atoms with Crippen LogP contribution >= 0.6 is 0 Å². The molecule has 0 spiro atoms. The van der Waals surface area contributed by atoms with Gasteiger partial charge >= 0.3 is 12.4 Å². The van der Waals surface area contributed by atoms with E-state index in [9.17, 15) is 26.3 Å². The maximum absolute atomic E-state index is 12.6. The first-order valence-corrected chi connectivity index (χ1v) is 4.79. The van der Waals surface area contributed by atoms with E-state index in [1.807, 2.05) is 0 Å². The molecule has 0 unspecified atom stereocenters. The van der Waals surface area contributed by atoms with E-state index in [-0.39, 0.29) is 10.8 Å². The zero-order chi connectivity index (χ0) is 13.6. The summed E-state index contributed by atoms with van der Waals surface area (Å²) < 4.78 is 75.5. The number of fused-ring (bicyclic) bond motifs is 1. The summed E-state index contributed by atoms with van der Waals surface area (Å²) in [4.78, 5) is 0. The maximum Gasteiger partial charge on any atom is 0.417 e. The van der Waals surface area contributed by atoms with Gasteiger partial charge in [0.1, 0.15) is 0 Å². The van der Waals surface area contributed by atoms with Crippen LogP contribution in [-0.2, 0) is 12.4 Å². The molecule has 0 bridgehead atoms. The van der Waals surface area contributed by atoms with Gasteiger partial charge in [-0.25, -0.2) is 0 Å². The van der Waals surface area contributed by atoms with Gasteiger partial charge in [-0.15, -0.1) is 0 Å². The first-order valence-electron chi connectivity index (χ1n) is 4.79. The Morgan fingerprint density at radius 3 is 2.00 bits per heavy atom. The molecular weight excluding hydrogens is 258 g/mol. The molecule has 6 heteroatoms. The molecule has 2 aromatic carbocycles. The van der Waals surface area contributed by atoms with Gasteiger partial charge in [0.05, 0.1) is 11.1 Å². The quantitative estimate of drug-likeness (QED) is 0.605. The molecule has 0 aliphatic carbocycles. The van der Waals surface area contributed by atoms with Crippen LogP contribution in [0.25, 0.3) is 10.8 Å². The molecule has 0 aliphatic heterocycles. The van der Waals surface area contributed by atoms with Gasteiger partial charge in [0, 0.05) is 6.07 Å². The molecule has 1 radical (unpaired) electrons. The van der Waals surface area contributed by atoms with Gasteiger partial charge in [-0.3, -0.25) is 0 Å². The molecule has 95 valence electrons. The second-order valence-electron chi connectivity index (χ2n) is 3.64. The second kappa shape index (κ2) is 3.90. The van der Waals surface area contributed by atoms with Crippen LogP contribution in [0.15, 0.2) is 30.3 Å². The fourth-order valence-corrected chi connectivity index (χ4v) is 1.61. The van der Waals surface area contributed by atoms with Crippen LogP contribution in [0.5, 0.6) is 0 Å². The summed E-state index contributed by atoms with van der Waals surface area (Å²) in [7, 11) is 0. The van der Waals surface area contributed by atoms with Crippen molar-refractivity contribution >= 4 is 10.8 Å². The molecule has 0 saturated carbocycles. The third-order valence-electron chi connectivity index (χ3n) is 2.38. The van der Waals surface area contributed by atoms with Crippen molar-refractivity contribution in [3.8, 4) is 0 Å². The highest BCUT2D eigenvalue weighted by Crippen LogP contribution is 2.41. The normalized spacial score (nSPS) is 13.0. The molecule has 0 fully saturated rings. The topological polar surface area (TPSA) is 0 Å². The summed E-state index contributed by atoms with van der Waals surface area (Å²) in [5.41, 5.74) is -3.50. The molecule has 0 atom stereocenters. The van der Waals surface area contributed by atoms with Crippen molar-refractivity contribution in [3.05, 3.63) is 47.5 Å². The van der Waals surface area contributed by atoms with Gasteiger partial charge in [-0.1, -0.05) is 24.3 Å². The fourth-order valence-electron chi connectivity index (χ4n) is 1.61. The SMILES string of the molecule is FC(F)(F)c1[c]c2ccccc2cc1C(F)(F)F. The van der Waals surface area contributed by atoms with E-state index in [1.165, 1.54) is 24.3 Å². The third kappa shape index (κ3) is 2.27. The lowest BCUT2D eigenvalue weighted by Gasteiger charge is -2.16. The van der Waals surface area contributed by atoms with E-state index >= 15 is 0 Å². The number of hydrogen-bond donors (Lipinski definition) is 0. The lowest BCUT2D eigenvalue weighted by Crippen LogP contribution is -2.16. The second-order valence-corrected chi connectivity index (χ2v) is 3.64. The van der Waals surface area contributed by atoms with Crippen LogP contribution in [0.2, 0.25) is 0 Å². The Balaban J connectivity index is 2.81. The third-order valence-corrected chi connectivity index (χ3v) is 2.38. The predicted molar refractivity (Wildman–Crippen MR) is 52.8 cm³/mol. The Hall–Kier alpha value is -1.72. The van der Waals surface area contributed by atoms with Crippen LogP contribution in [0.4, 0.5) is 26.3 Å². The minimum Gasteiger partial charge on any atom is -0.166 e. The predicted octanol–water partition coefficient (Wildman–Crippen LogP) is 4.68. The smallest absolute Gasteiger partial charge is 0.166 e. The number of hydrogen-bond acceptors (Lipinski definition) is 0. The molecule has 0 aliphatic rings. The Kier molecular flexibility index (Phi) is 2.76. The standard InChI is InChI=1S/C12H5F6/c13-11(14,15)9-5-7-3-1-2-4-8(7)6-10(9)12(16,17)18/h1-5H. The van der Waals surface area contributed by atoms with E-state index in [1.54, 1.807) is 6.07 Å². The van der Waals surface area contributed by atoms with Crippen molar-refractivity contribution < 1.29 is 26.3 Å². The summed E-state index contributed by atoms with van der Waals surface area (Å²) in [6.07, 6.45) is -10.2. The van der Waals surface area contributed by atoms with Gasteiger partial charge in [0.2, 0.25) is 0 Å². The van der Waals surface area contributed by atoms with Crippen LogP contribution in [-0.4, -0.2) is 0 Å². The molecule has 2 aromatic rings. The first-order chi connectivity index (χ1) is 8.19. The van der Waals surface area contributed by atoms with E-state index in [0.29, 0.717) is 6.07 Å². The van der Waals surface area contributed by atoms with E-state index < -0.39 is 23.5 Å². The van der Waals surface area contributed by atoms with Crippen LogP contribution in [0, 0.1) is 6.07 Å². The minimum atomic E-state index is -5.09. The molecule has 0 heterocycles. The Labute approximate surface area is 97.8 Å². The van der Waals surface area contributed by atoms with Crippen molar-refractivity contribution in [2.45, 2.75) is 12.4 Å². The molecular formula is C12H5F6. The Morgan fingerprint density at radius 2 is 1.44 bits per heavy atom. The molecule has 0 N–H and O–H groups in total. The molecule has 2 rings (SSSR count). The highest BCUT2D eigenvalue weighted by Gasteiger charge is 2.43. The van der Waals surface area contributed by atoms with Crippen LogP contribution in [0.1, 0.15) is 11.1 Å². The van der Waals surface area contributed by atoms with Crippen molar-refractivity contribution in [1.82, 2.24) is 0 Å². The van der Waals surface area contributed by atoms with Gasteiger partial charge in [-0.05, 0) is 16.8 Å². The number of alkyl halides is 6. The van der Waals surface area contributed by atoms with Crippen molar-refractivity contribution in [2.75, 3.05) is 0 Å². The number of rotatable bonds is 0. The summed E-state index contributed by atoms with van der Waals surface area (Å²) in [5, 5.41) is 0.0654. The lowest BCUT2D eigenvalue weighted by molar-refractivity contribution is -0.162. The van der Waals surface area contributed by atoms with Gasteiger partial charge in [0.25, 0.3) is 0 Å². The maximum atomic E-state index is 12.6. The summed E-state index contributed by atoms with van der Waals surface area (Å²) in [5.74, 6) is 0. The Bertz CT molecular complexity index is 527.